The highest BCUT2D eigenvalue weighted by Crippen LogP contribution is 2.13. The normalized spacial score (nSPS) is 12.6. The van der Waals surface area contributed by atoms with Crippen molar-refractivity contribution in [3.8, 4) is 0 Å². The molecule has 16 heavy (non-hydrogen) atoms. The molecule has 0 bridgehead atoms. The molecule has 1 unspecified atom stereocenters. The molecule has 5 nitrogen and oxygen atoms in total. The molecule has 0 saturated heterocycles. The van der Waals surface area contributed by atoms with Gasteiger partial charge in [-0.05, 0) is 24.5 Å². The lowest BCUT2D eigenvalue weighted by Crippen LogP contribution is -2.09. The van der Waals surface area contributed by atoms with Crippen molar-refractivity contribution >= 4 is 0 Å². The summed E-state index contributed by atoms with van der Waals surface area (Å²) in [6.07, 6.45) is 4.73. The Morgan fingerprint density at radius 2 is 2.25 bits per heavy atom. The topological polar surface area (TPSA) is 67.3 Å². The summed E-state index contributed by atoms with van der Waals surface area (Å²) in [6, 6.07) is 6.01. The summed E-state index contributed by atoms with van der Waals surface area (Å²) in [4.78, 5) is 4.33. The zero-order valence-corrected chi connectivity index (χ0v) is 9.30. The largest absolute Gasteiger partial charge is 0.261 e. The summed E-state index contributed by atoms with van der Waals surface area (Å²) in [5, 5.41) is 14.0. The first-order valence-electron chi connectivity index (χ1n) is 5.50. The van der Waals surface area contributed by atoms with Gasteiger partial charge in [0, 0.05) is 18.3 Å². The second kappa shape index (κ2) is 5.34. The van der Waals surface area contributed by atoms with Crippen molar-refractivity contribution in [2.45, 2.75) is 26.2 Å². The lowest BCUT2D eigenvalue weighted by atomic mass is 9.96. The molecule has 0 spiro atoms. The third-order valence-electron chi connectivity index (χ3n) is 2.66. The molecule has 2 aromatic heterocycles. The molecule has 0 aliphatic rings. The van der Waals surface area contributed by atoms with Gasteiger partial charge in [-0.1, -0.05) is 24.6 Å². The van der Waals surface area contributed by atoms with Gasteiger partial charge in [0.2, 0.25) is 0 Å². The van der Waals surface area contributed by atoms with Crippen LogP contribution in [-0.2, 0) is 12.8 Å². The first-order chi connectivity index (χ1) is 7.88. The number of aromatic nitrogens is 5. The number of aromatic amines is 1. The van der Waals surface area contributed by atoms with E-state index in [-0.39, 0.29) is 0 Å². The summed E-state index contributed by atoms with van der Waals surface area (Å²) in [5.41, 5.74) is 1.12. The molecule has 0 saturated carbocycles. The number of H-pyrrole nitrogens is 1. The third-order valence-corrected chi connectivity index (χ3v) is 2.66. The third kappa shape index (κ3) is 2.85. The molecule has 84 valence electrons. The van der Waals surface area contributed by atoms with E-state index < -0.39 is 0 Å². The van der Waals surface area contributed by atoms with E-state index in [9.17, 15) is 0 Å². The quantitative estimate of drug-likeness (QED) is 0.822. The Morgan fingerprint density at radius 1 is 1.31 bits per heavy atom. The fourth-order valence-corrected chi connectivity index (χ4v) is 1.70. The van der Waals surface area contributed by atoms with Crippen LogP contribution >= 0.6 is 0 Å². The number of rotatable bonds is 5. The van der Waals surface area contributed by atoms with Crippen LogP contribution in [0.15, 0.2) is 24.4 Å². The molecule has 2 heterocycles. The van der Waals surface area contributed by atoms with E-state index in [1.807, 2.05) is 18.3 Å². The second-order valence-corrected chi connectivity index (χ2v) is 3.83. The van der Waals surface area contributed by atoms with Crippen molar-refractivity contribution in [1.82, 2.24) is 25.6 Å². The van der Waals surface area contributed by atoms with Gasteiger partial charge in [0.1, 0.15) is 0 Å². The molecule has 0 fully saturated rings. The Labute approximate surface area is 94.3 Å². The molecule has 1 atom stereocenters. The smallest absolute Gasteiger partial charge is 0.174 e. The molecule has 0 aliphatic carbocycles. The Bertz CT molecular complexity index is 398. The van der Waals surface area contributed by atoms with E-state index in [2.05, 4.69) is 38.6 Å². The van der Waals surface area contributed by atoms with Gasteiger partial charge >= 0.3 is 0 Å². The second-order valence-electron chi connectivity index (χ2n) is 3.83. The van der Waals surface area contributed by atoms with Crippen molar-refractivity contribution < 1.29 is 0 Å². The first kappa shape index (κ1) is 10.7. The first-order valence-corrected chi connectivity index (χ1v) is 5.50. The van der Waals surface area contributed by atoms with Gasteiger partial charge in [0.15, 0.2) is 5.82 Å². The predicted octanol–water partition coefficient (Wildman–Crippen LogP) is 1.41. The molecular weight excluding hydrogens is 202 g/mol. The molecule has 5 heteroatoms. The molecule has 2 aromatic rings. The van der Waals surface area contributed by atoms with Crippen LogP contribution in [0, 0.1) is 5.92 Å². The van der Waals surface area contributed by atoms with Crippen molar-refractivity contribution in [1.29, 1.82) is 0 Å². The summed E-state index contributed by atoms with van der Waals surface area (Å²) in [5.74, 6) is 1.30. The average molecular weight is 217 g/mol. The average Bonchev–Trinajstić information content (AvgIpc) is 2.82. The van der Waals surface area contributed by atoms with Crippen LogP contribution in [0.4, 0.5) is 0 Å². The van der Waals surface area contributed by atoms with Gasteiger partial charge < -0.3 is 0 Å². The van der Waals surface area contributed by atoms with Crippen molar-refractivity contribution in [3.05, 3.63) is 35.9 Å². The number of hydrogen-bond donors (Lipinski definition) is 1. The lowest BCUT2D eigenvalue weighted by Gasteiger charge is -2.11. The Hall–Kier alpha value is -1.78. The zero-order chi connectivity index (χ0) is 11.2. The predicted molar refractivity (Wildman–Crippen MR) is 59.6 cm³/mol. The number of pyridine rings is 1. The minimum Gasteiger partial charge on any atom is -0.261 e. The van der Waals surface area contributed by atoms with Gasteiger partial charge in [-0.2, -0.15) is 5.21 Å². The molecular formula is C11H15N5. The Morgan fingerprint density at radius 3 is 2.88 bits per heavy atom. The molecule has 1 N–H and O–H groups in total. The van der Waals surface area contributed by atoms with Gasteiger partial charge in [-0.25, -0.2) is 0 Å². The van der Waals surface area contributed by atoms with Gasteiger partial charge in [-0.15, -0.1) is 10.2 Å². The van der Waals surface area contributed by atoms with E-state index in [0.29, 0.717) is 5.92 Å². The minimum atomic E-state index is 0.521. The monoisotopic (exact) mass is 217 g/mol. The highest BCUT2D eigenvalue weighted by Gasteiger charge is 2.11. The van der Waals surface area contributed by atoms with Crippen LogP contribution < -0.4 is 0 Å². The van der Waals surface area contributed by atoms with Crippen molar-refractivity contribution in [2.75, 3.05) is 0 Å². The summed E-state index contributed by atoms with van der Waals surface area (Å²) in [7, 11) is 0. The molecule has 0 radical (unpaired) electrons. The Balaban J connectivity index is 1.96. The van der Waals surface area contributed by atoms with E-state index in [1.165, 1.54) is 0 Å². The minimum absolute atomic E-state index is 0.521. The molecule has 2 rings (SSSR count). The van der Waals surface area contributed by atoms with Crippen LogP contribution in [-0.4, -0.2) is 25.6 Å². The highest BCUT2D eigenvalue weighted by molar-refractivity contribution is 5.04. The lowest BCUT2D eigenvalue weighted by molar-refractivity contribution is 0.486. The van der Waals surface area contributed by atoms with Crippen molar-refractivity contribution in [3.63, 3.8) is 0 Å². The zero-order valence-electron chi connectivity index (χ0n) is 9.30. The standard InChI is InChI=1S/C11H15N5/c1-2-9(8-11-13-15-16-14-11)7-10-5-3-4-6-12-10/h3-6,9H,2,7-8H2,1H3,(H,13,14,15,16). The maximum absolute atomic E-state index is 4.33. The number of nitrogens with one attached hydrogen (secondary N) is 1. The van der Waals surface area contributed by atoms with Gasteiger partial charge in [-0.3, -0.25) is 4.98 Å². The van der Waals surface area contributed by atoms with E-state index >= 15 is 0 Å². The van der Waals surface area contributed by atoms with E-state index in [1.54, 1.807) is 0 Å². The van der Waals surface area contributed by atoms with E-state index in [4.69, 9.17) is 0 Å². The molecule has 0 amide bonds. The van der Waals surface area contributed by atoms with Crippen molar-refractivity contribution in [2.24, 2.45) is 5.92 Å². The number of hydrogen-bond acceptors (Lipinski definition) is 4. The maximum atomic E-state index is 4.33. The number of tetrazole rings is 1. The van der Waals surface area contributed by atoms with Crippen LogP contribution in [0.1, 0.15) is 24.9 Å². The highest BCUT2D eigenvalue weighted by atomic mass is 15.5. The fourth-order valence-electron chi connectivity index (χ4n) is 1.70. The van der Waals surface area contributed by atoms with Gasteiger partial charge in [0.25, 0.3) is 0 Å². The van der Waals surface area contributed by atoms with Crippen LogP contribution in [0.2, 0.25) is 0 Å². The SMILES string of the molecule is CCC(Cc1ccccn1)Cc1nn[nH]n1. The van der Waals surface area contributed by atoms with E-state index in [0.717, 1.165) is 30.8 Å². The summed E-state index contributed by atoms with van der Waals surface area (Å²) >= 11 is 0. The Kier molecular flexibility index (Phi) is 3.58. The summed E-state index contributed by atoms with van der Waals surface area (Å²) in [6.45, 7) is 2.17. The fraction of sp³-hybridized carbons (Fsp3) is 0.455. The van der Waals surface area contributed by atoms with Crippen LogP contribution in [0.5, 0.6) is 0 Å². The molecule has 0 aromatic carbocycles. The molecule has 0 aliphatic heterocycles. The number of nitrogens with zero attached hydrogens (tertiary/aromatic N) is 4. The maximum Gasteiger partial charge on any atom is 0.174 e. The van der Waals surface area contributed by atoms with Gasteiger partial charge in [0.05, 0.1) is 0 Å². The summed E-state index contributed by atoms with van der Waals surface area (Å²) < 4.78 is 0. The van der Waals surface area contributed by atoms with Crippen LogP contribution in [0.25, 0.3) is 0 Å². The van der Waals surface area contributed by atoms with Crippen LogP contribution in [0.3, 0.4) is 0 Å².